The van der Waals surface area contributed by atoms with Gasteiger partial charge in [-0.1, -0.05) is 66.7 Å². The Bertz CT molecular complexity index is 1040. The van der Waals surface area contributed by atoms with Crippen LogP contribution >= 0.6 is 0 Å². The quantitative estimate of drug-likeness (QED) is 0.500. The lowest BCUT2D eigenvalue weighted by Crippen LogP contribution is -2.49. The van der Waals surface area contributed by atoms with Crippen LogP contribution in [0.5, 0.6) is 11.5 Å². The molecule has 0 aliphatic carbocycles. The molecule has 33 heavy (non-hydrogen) atoms. The molecule has 0 radical (unpaired) electrons. The number of methoxy groups -OCH3 is 2. The van der Waals surface area contributed by atoms with Crippen molar-refractivity contribution in [2.24, 2.45) is 0 Å². The molecule has 1 amide bonds. The number of ether oxygens (including phenoxy) is 2. The third-order valence-corrected chi connectivity index (χ3v) is 6.05. The Morgan fingerprint density at radius 1 is 0.788 bits per heavy atom. The molecular weight excluding hydrogens is 412 g/mol. The maximum Gasteiger partial charge on any atom is 0.246 e. The van der Waals surface area contributed by atoms with Gasteiger partial charge in [-0.15, -0.1) is 0 Å². The second kappa shape index (κ2) is 10.8. The zero-order chi connectivity index (χ0) is 23.0. The van der Waals surface area contributed by atoms with Crippen LogP contribution in [0.25, 0.3) is 6.08 Å². The van der Waals surface area contributed by atoms with Gasteiger partial charge in [-0.25, -0.2) is 0 Å². The first-order valence-corrected chi connectivity index (χ1v) is 11.2. The van der Waals surface area contributed by atoms with E-state index in [9.17, 15) is 4.79 Å². The first-order chi connectivity index (χ1) is 16.2. The number of piperazine rings is 1. The van der Waals surface area contributed by atoms with Crippen LogP contribution in [0.4, 0.5) is 0 Å². The zero-order valence-corrected chi connectivity index (χ0v) is 19.2. The van der Waals surface area contributed by atoms with Crippen molar-refractivity contribution in [2.45, 2.75) is 6.04 Å². The summed E-state index contributed by atoms with van der Waals surface area (Å²) in [6.07, 6.45) is 3.47. The molecule has 1 heterocycles. The summed E-state index contributed by atoms with van der Waals surface area (Å²) in [7, 11) is 3.21. The molecule has 0 atom stereocenters. The van der Waals surface area contributed by atoms with Crippen LogP contribution in [0.15, 0.2) is 84.9 Å². The largest absolute Gasteiger partial charge is 0.493 e. The molecule has 1 fully saturated rings. The van der Waals surface area contributed by atoms with E-state index in [0.29, 0.717) is 24.6 Å². The minimum absolute atomic E-state index is 0.0282. The SMILES string of the molecule is COc1ccc(C=CC(=O)N2CCN(C(c3ccccc3)c3ccccc3)CC2)cc1OC. The molecule has 1 saturated heterocycles. The van der Waals surface area contributed by atoms with E-state index in [1.54, 1.807) is 20.3 Å². The van der Waals surface area contributed by atoms with Gasteiger partial charge in [0.2, 0.25) is 5.91 Å². The average Bonchev–Trinajstić information content (AvgIpc) is 2.89. The summed E-state index contributed by atoms with van der Waals surface area (Å²) in [6, 6.07) is 27.0. The van der Waals surface area contributed by atoms with Crippen LogP contribution in [-0.2, 0) is 4.79 Å². The molecule has 3 aromatic carbocycles. The van der Waals surface area contributed by atoms with Crippen molar-refractivity contribution in [3.63, 3.8) is 0 Å². The fraction of sp³-hybridized carbons (Fsp3) is 0.250. The van der Waals surface area contributed by atoms with Gasteiger partial charge in [0.1, 0.15) is 0 Å². The highest BCUT2D eigenvalue weighted by Crippen LogP contribution is 2.30. The van der Waals surface area contributed by atoms with Crippen LogP contribution < -0.4 is 9.47 Å². The fourth-order valence-corrected chi connectivity index (χ4v) is 4.31. The highest BCUT2D eigenvalue weighted by molar-refractivity contribution is 5.92. The number of nitrogens with zero attached hydrogens (tertiary/aromatic N) is 2. The lowest BCUT2D eigenvalue weighted by Gasteiger charge is -2.39. The molecule has 0 unspecified atom stereocenters. The summed E-state index contributed by atoms with van der Waals surface area (Å²) < 4.78 is 10.6. The van der Waals surface area contributed by atoms with E-state index in [0.717, 1.165) is 18.7 Å². The van der Waals surface area contributed by atoms with E-state index >= 15 is 0 Å². The molecule has 5 nitrogen and oxygen atoms in total. The Balaban J connectivity index is 1.42. The third-order valence-electron chi connectivity index (χ3n) is 6.05. The molecule has 4 rings (SSSR count). The van der Waals surface area contributed by atoms with Crippen molar-refractivity contribution in [3.05, 3.63) is 102 Å². The first-order valence-electron chi connectivity index (χ1n) is 11.2. The topological polar surface area (TPSA) is 42.0 Å². The minimum Gasteiger partial charge on any atom is -0.493 e. The number of benzene rings is 3. The number of rotatable bonds is 7. The Kier molecular flexibility index (Phi) is 7.43. The van der Waals surface area contributed by atoms with E-state index < -0.39 is 0 Å². The van der Waals surface area contributed by atoms with Gasteiger partial charge in [0.05, 0.1) is 20.3 Å². The van der Waals surface area contributed by atoms with Crippen molar-refractivity contribution >= 4 is 12.0 Å². The number of carbonyl (C=O) groups excluding carboxylic acids is 1. The minimum atomic E-state index is 0.0282. The second-order valence-corrected chi connectivity index (χ2v) is 8.03. The fourth-order valence-electron chi connectivity index (χ4n) is 4.31. The van der Waals surface area contributed by atoms with Crippen LogP contribution in [0.2, 0.25) is 0 Å². The van der Waals surface area contributed by atoms with Crippen molar-refractivity contribution in [1.82, 2.24) is 9.80 Å². The predicted octanol–water partition coefficient (Wildman–Crippen LogP) is 4.65. The molecule has 3 aromatic rings. The monoisotopic (exact) mass is 442 g/mol. The van der Waals surface area contributed by atoms with E-state index in [2.05, 4.69) is 53.4 Å². The van der Waals surface area contributed by atoms with Crippen LogP contribution in [0, 0.1) is 0 Å². The highest BCUT2D eigenvalue weighted by Gasteiger charge is 2.27. The van der Waals surface area contributed by atoms with Gasteiger partial charge in [-0.3, -0.25) is 9.69 Å². The normalized spacial score (nSPS) is 14.6. The molecule has 0 N–H and O–H groups in total. The molecule has 170 valence electrons. The van der Waals surface area contributed by atoms with Crippen molar-refractivity contribution in [3.8, 4) is 11.5 Å². The lowest BCUT2D eigenvalue weighted by molar-refractivity contribution is -0.127. The van der Waals surface area contributed by atoms with Gasteiger partial charge in [0, 0.05) is 32.3 Å². The lowest BCUT2D eigenvalue weighted by atomic mass is 9.96. The smallest absolute Gasteiger partial charge is 0.246 e. The maximum absolute atomic E-state index is 12.8. The first kappa shape index (κ1) is 22.6. The van der Waals surface area contributed by atoms with Gasteiger partial charge < -0.3 is 14.4 Å². The van der Waals surface area contributed by atoms with Crippen LogP contribution in [0.1, 0.15) is 22.7 Å². The number of hydrogen-bond donors (Lipinski definition) is 0. The average molecular weight is 443 g/mol. The van der Waals surface area contributed by atoms with Crippen molar-refractivity contribution in [2.75, 3.05) is 40.4 Å². The third kappa shape index (κ3) is 5.44. The standard InChI is InChI=1S/C28H30N2O3/c1-32-25-15-13-22(21-26(25)33-2)14-16-27(31)29-17-19-30(20-18-29)28(23-9-5-3-6-10-23)24-11-7-4-8-12-24/h3-16,21,28H,17-20H2,1-2H3. The number of amides is 1. The summed E-state index contributed by atoms with van der Waals surface area (Å²) in [4.78, 5) is 17.2. The summed E-state index contributed by atoms with van der Waals surface area (Å²) >= 11 is 0. The molecule has 5 heteroatoms. The Hall–Kier alpha value is -3.57. The molecule has 1 aliphatic heterocycles. The summed E-state index contributed by atoms with van der Waals surface area (Å²) in [6.45, 7) is 3.05. The number of carbonyl (C=O) groups is 1. The van der Waals surface area contributed by atoms with Crippen LogP contribution in [0.3, 0.4) is 0 Å². The van der Waals surface area contributed by atoms with Gasteiger partial charge >= 0.3 is 0 Å². The molecular formula is C28H30N2O3. The molecule has 0 aromatic heterocycles. The Morgan fingerprint density at radius 3 is 1.91 bits per heavy atom. The van der Waals surface area contributed by atoms with Gasteiger partial charge in [0.25, 0.3) is 0 Å². The number of hydrogen-bond acceptors (Lipinski definition) is 4. The van der Waals surface area contributed by atoms with Crippen LogP contribution in [-0.4, -0.2) is 56.1 Å². The van der Waals surface area contributed by atoms with E-state index in [-0.39, 0.29) is 11.9 Å². The molecule has 0 bridgehead atoms. The Morgan fingerprint density at radius 2 is 1.36 bits per heavy atom. The zero-order valence-electron chi connectivity index (χ0n) is 19.2. The predicted molar refractivity (Wildman–Crippen MR) is 131 cm³/mol. The summed E-state index contributed by atoms with van der Waals surface area (Å²) in [5.74, 6) is 1.34. The van der Waals surface area contributed by atoms with Gasteiger partial charge in [-0.05, 0) is 34.9 Å². The second-order valence-electron chi connectivity index (χ2n) is 8.03. The summed E-state index contributed by atoms with van der Waals surface area (Å²) in [5, 5.41) is 0. The van der Waals surface area contributed by atoms with Crippen molar-refractivity contribution in [1.29, 1.82) is 0 Å². The van der Waals surface area contributed by atoms with Gasteiger partial charge in [0.15, 0.2) is 11.5 Å². The molecule has 1 aliphatic rings. The van der Waals surface area contributed by atoms with E-state index in [4.69, 9.17) is 9.47 Å². The maximum atomic E-state index is 12.8. The molecule has 0 saturated carbocycles. The highest BCUT2D eigenvalue weighted by atomic mass is 16.5. The van der Waals surface area contributed by atoms with E-state index in [1.807, 2.05) is 41.3 Å². The Labute approximate surface area is 195 Å². The molecule has 0 spiro atoms. The van der Waals surface area contributed by atoms with Crippen molar-refractivity contribution < 1.29 is 14.3 Å². The van der Waals surface area contributed by atoms with E-state index in [1.165, 1.54) is 11.1 Å². The van der Waals surface area contributed by atoms with Gasteiger partial charge in [-0.2, -0.15) is 0 Å². The summed E-state index contributed by atoms with van der Waals surface area (Å²) in [5.41, 5.74) is 3.45.